The van der Waals surface area contributed by atoms with Gasteiger partial charge in [0.05, 0.1) is 44.6 Å². The first-order chi connectivity index (χ1) is 18.1. The van der Waals surface area contributed by atoms with Crippen LogP contribution in [-0.4, -0.2) is 48.8 Å². The van der Waals surface area contributed by atoms with E-state index in [0.717, 1.165) is 15.6 Å². The molecule has 9 nitrogen and oxygen atoms in total. The van der Waals surface area contributed by atoms with Crippen LogP contribution in [0.5, 0.6) is 23.0 Å². The maximum absolute atomic E-state index is 13.9. The van der Waals surface area contributed by atoms with Crippen LogP contribution in [0.15, 0.2) is 65.6 Å². The van der Waals surface area contributed by atoms with Crippen molar-refractivity contribution >= 4 is 33.2 Å². The summed E-state index contributed by atoms with van der Waals surface area (Å²) in [5.74, 6) is 0.999. The number of anilines is 1. The van der Waals surface area contributed by atoms with Gasteiger partial charge in [-0.3, -0.25) is 9.10 Å². The summed E-state index contributed by atoms with van der Waals surface area (Å²) < 4.78 is 50.2. The van der Waals surface area contributed by atoms with Crippen LogP contribution in [-0.2, 0) is 14.8 Å². The fourth-order valence-electron chi connectivity index (χ4n) is 3.78. The van der Waals surface area contributed by atoms with Gasteiger partial charge in [0.25, 0.3) is 10.0 Å². The second-order valence-electron chi connectivity index (χ2n) is 8.14. The number of carbonyl (C=O) groups is 1. The molecule has 38 heavy (non-hydrogen) atoms. The molecule has 3 aromatic rings. The van der Waals surface area contributed by atoms with Crippen molar-refractivity contribution in [3.05, 3.63) is 71.2 Å². The highest BCUT2D eigenvalue weighted by Crippen LogP contribution is 2.37. The Balaban J connectivity index is 1.97. The number of sulfonamides is 1. The maximum atomic E-state index is 13.9. The lowest BCUT2D eigenvalue weighted by atomic mass is 10.1. The summed E-state index contributed by atoms with van der Waals surface area (Å²) in [5, 5.41) is 3.13. The van der Waals surface area contributed by atoms with Gasteiger partial charge < -0.3 is 24.3 Å². The van der Waals surface area contributed by atoms with E-state index in [1.54, 1.807) is 13.0 Å². The summed E-state index contributed by atoms with van der Waals surface area (Å²) in [5.41, 5.74) is 0.940. The van der Waals surface area contributed by atoms with Crippen LogP contribution in [0, 0.1) is 0 Å². The van der Waals surface area contributed by atoms with Crippen molar-refractivity contribution in [3.8, 4) is 23.0 Å². The standard InChI is InChI=1S/C27H31ClN2O7S/c1-6-37-21-10-7-19(8-11-21)18(2)29-27(31)17-30(23-15-20(28)9-13-24(23)34-3)38(32,33)22-12-14-25(35-4)26(16-22)36-5/h7-16,18H,6,17H2,1-5H3,(H,29,31)/t18-/m0/s1. The molecule has 0 fully saturated rings. The Kier molecular flexibility index (Phi) is 9.71. The Morgan fingerprint density at radius 2 is 1.55 bits per heavy atom. The van der Waals surface area contributed by atoms with Gasteiger partial charge >= 0.3 is 0 Å². The SMILES string of the molecule is CCOc1ccc([C@H](C)NC(=O)CN(c2cc(Cl)ccc2OC)S(=O)(=O)c2ccc(OC)c(OC)c2)cc1. The van der Waals surface area contributed by atoms with Crippen molar-refractivity contribution in [2.75, 3.05) is 38.8 Å². The van der Waals surface area contributed by atoms with Gasteiger partial charge in [-0.1, -0.05) is 23.7 Å². The van der Waals surface area contributed by atoms with E-state index in [9.17, 15) is 13.2 Å². The number of carbonyl (C=O) groups excluding carboxylic acids is 1. The Labute approximate surface area is 228 Å². The topological polar surface area (TPSA) is 103 Å². The van der Waals surface area contributed by atoms with Crippen molar-refractivity contribution in [1.82, 2.24) is 5.32 Å². The lowest BCUT2D eigenvalue weighted by molar-refractivity contribution is -0.120. The highest BCUT2D eigenvalue weighted by atomic mass is 35.5. The summed E-state index contributed by atoms with van der Waals surface area (Å²) in [4.78, 5) is 13.1. The first kappa shape index (κ1) is 28.9. The number of benzene rings is 3. The summed E-state index contributed by atoms with van der Waals surface area (Å²) in [6.45, 7) is 3.71. The number of rotatable bonds is 12. The molecule has 0 aliphatic rings. The minimum atomic E-state index is -4.29. The lowest BCUT2D eigenvalue weighted by Gasteiger charge is -2.27. The third kappa shape index (κ3) is 6.62. The zero-order valence-electron chi connectivity index (χ0n) is 21.9. The van der Waals surface area contributed by atoms with Gasteiger partial charge in [-0.25, -0.2) is 8.42 Å². The van der Waals surface area contributed by atoms with E-state index in [4.69, 9.17) is 30.5 Å². The molecular formula is C27H31ClN2O7S. The normalized spacial score (nSPS) is 11.8. The number of hydrogen-bond donors (Lipinski definition) is 1. The monoisotopic (exact) mass is 562 g/mol. The van der Waals surface area contributed by atoms with Gasteiger partial charge in [0.2, 0.25) is 5.91 Å². The van der Waals surface area contributed by atoms with Gasteiger partial charge in [-0.2, -0.15) is 0 Å². The Morgan fingerprint density at radius 1 is 0.921 bits per heavy atom. The van der Waals surface area contributed by atoms with E-state index in [-0.39, 0.29) is 27.1 Å². The van der Waals surface area contributed by atoms with Crippen molar-refractivity contribution in [3.63, 3.8) is 0 Å². The van der Waals surface area contributed by atoms with E-state index < -0.39 is 28.5 Å². The van der Waals surface area contributed by atoms with Crippen LogP contribution in [0.1, 0.15) is 25.5 Å². The quantitative estimate of drug-likeness (QED) is 0.337. The van der Waals surface area contributed by atoms with Crippen LogP contribution in [0.4, 0.5) is 5.69 Å². The highest BCUT2D eigenvalue weighted by molar-refractivity contribution is 7.92. The van der Waals surface area contributed by atoms with Crippen molar-refractivity contribution < 1.29 is 32.2 Å². The minimum Gasteiger partial charge on any atom is -0.495 e. The molecule has 1 amide bonds. The zero-order chi connectivity index (χ0) is 27.9. The third-order valence-electron chi connectivity index (χ3n) is 5.71. The molecule has 0 bridgehead atoms. The second-order valence-corrected chi connectivity index (χ2v) is 10.4. The molecule has 0 saturated carbocycles. The number of nitrogens with one attached hydrogen (secondary N) is 1. The highest BCUT2D eigenvalue weighted by Gasteiger charge is 2.31. The summed E-state index contributed by atoms with van der Waals surface area (Å²) >= 11 is 6.21. The van der Waals surface area contributed by atoms with Gasteiger partial charge in [-0.15, -0.1) is 0 Å². The van der Waals surface area contributed by atoms with Crippen LogP contribution in [0.3, 0.4) is 0 Å². The number of amides is 1. The summed E-state index contributed by atoms with van der Waals surface area (Å²) in [6.07, 6.45) is 0. The summed E-state index contributed by atoms with van der Waals surface area (Å²) in [6, 6.07) is 15.6. The second kappa shape index (κ2) is 12.7. The molecule has 0 aliphatic carbocycles. The molecule has 0 spiro atoms. The van der Waals surface area contributed by atoms with Crippen molar-refractivity contribution in [1.29, 1.82) is 0 Å². The molecule has 204 valence electrons. The van der Waals surface area contributed by atoms with E-state index >= 15 is 0 Å². The number of nitrogens with zero attached hydrogens (tertiary/aromatic N) is 1. The average molecular weight is 563 g/mol. The minimum absolute atomic E-state index is 0.107. The first-order valence-corrected chi connectivity index (χ1v) is 13.6. The number of methoxy groups -OCH3 is 3. The smallest absolute Gasteiger partial charge is 0.265 e. The van der Waals surface area contributed by atoms with Gasteiger partial charge in [-0.05, 0) is 61.9 Å². The van der Waals surface area contributed by atoms with Gasteiger partial charge in [0.15, 0.2) is 11.5 Å². The number of halogens is 1. The molecule has 11 heteroatoms. The average Bonchev–Trinajstić information content (AvgIpc) is 2.91. The fraction of sp³-hybridized carbons (Fsp3) is 0.296. The number of ether oxygens (including phenoxy) is 4. The van der Waals surface area contributed by atoms with E-state index in [0.29, 0.717) is 12.4 Å². The molecule has 0 unspecified atom stereocenters. The van der Waals surface area contributed by atoms with Crippen LogP contribution >= 0.6 is 11.6 Å². The summed E-state index contributed by atoms with van der Waals surface area (Å²) in [7, 11) is -0.0280. The molecule has 0 radical (unpaired) electrons. The van der Waals surface area contributed by atoms with Crippen LogP contribution in [0.2, 0.25) is 5.02 Å². The Bertz CT molecular complexity index is 1360. The molecule has 1 atom stereocenters. The van der Waals surface area contributed by atoms with Gasteiger partial charge in [0.1, 0.15) is 18.0 Å². The number of hydrogen-bond acceptors (Lipinski definition) is 7. The van der Waals surface area contributed by atoms with E-state index in [1.807, 2.05) is 31.2 Å². The molecule has 3 aromatic carbocycles. The molecule has 0 aromatic heterocycles. The predicted octanol–water partition coefficient (Wildman–Crippen LogP) is 4.84. The Hall–Kier alpha value is -3.63. The lowest BCUT2D eigenvalue weighted by Crippen LogP contribution is -2.41. The van der Waals surface area contributed by atoms with Crippen molar-refractivity contribution in [2.45, 2.75) is 24.8 Å². The van der Waals surface area contributed by atoms with Gasteiger partial charge in [0, 0.05) is 11.1 Å². The largest absolute Gasteiger partial charge is 0.495 e. The first-order valence-electron chi connectivity index (χ1n) is 11.7. The van der Waals surface area contributed by atoms with E-state index in [2.05, 4.69) is 5.32 Å². The molecule has 0 aliphatic heterocycles. The van der Waals surface area contributed by atoms with Crippen LogP contribution < -0.4 is 28.6 Å². The van der Waals surface area contributed by atoms with Crippen molar-refractivity contribution in [2.24, 2.45) is 0 Å². The third-order valence-corrected chi connectivity index (χ3v) is 7.70. The molecule has 3 rings (SSSR count). The van der Waals surface area contributed by atoms with E-state index in [1.165, 1.54) is 51.7 Å². The molecule has 0 heterocycles. The molecule has 0 saturated heterocycles. The molecular weight excluding hydrogens is 532 g/mol. The Morgan fingerprint density at radius 3 is 2.16 bits per heavy atom. The fourth-order valence-corrected chi connectivity index (χ4v) is 5.39. The zero-order valence-corrected chi connectivity index (χ0v) is 23.4. The molecule has 1 N–H and O–H groups in total. The van der Waals surface area contributed by atoms with Crippen LogP contribution in [0.25, 0.3) is 0 Å². The predicted molar refractivity (Wildman–Crippen MR) is 146 cm³/mol. The maximum Gasteiger partial charge on any atom is 0.265 e.